The molecule has 2 heterocycles. The van der Waals surface area contributed by atoms with E-state index in [1.54, 1.807) is 0 Å². The zero-order valence-electron chi connectivity index (χ0n) is 14.9. The van der Waals surface area contributed by atoms with Crippen LogP contribution in [0.15, 0.2) is 36.7 Å². The van der Waals surface area contributed by atoms with Crippen molar-refractivity contribution in [2.24, 2.45) is 7.05 Å². The van der Waals surface area contributed by atoms with Crippen LogP contribution in [0.2, 0.25) is 0 Å². The molecule has 0 bridgehead atoms. The molecule has 0 aliphatic rings. The minimum atomic E-state index is -5.09. The zero-order valence-corrected chi connectivity index (χ0v) is 14.9. The van der Waals surface area contributed by atoms with Crippen molar-refractivity contribution >= 4 is 17.3 Å². The minimum absolute atomic E-state index is 0.255. The minimum Gasteiger partial charge on any atom is -0.319 e. The summed E-state index contributed by atoms with van der Waals surface area (Å²) in [6.45, 7) is 0. The summed E-state index contributed by atoms with van der Waals surface area (Å²) in [6.07, 6.45) is -6.68. The van der Waals surface area contributed by atoms with Crippen molar-refractivity contribution in [2.75, 3.05) is 5.32 Å². The van der Waals surface area contributed by atoms with Gasteiger partial charge < -0.3 is 5.32 Å². The van der Waals surface area contributed by atoms with E-state index in [4.69, 9.17) is 0 Å². The number of hydrogen-bond acceptors (Lipinski definition) is 5. The van der Waals surface area contributed by atoms with Gasteiger partial charge >= 0.3 is 6.18 Å². The van der Waals surface area contributed by atoms with Crippen LogP contribution in [0.4, 0.5) is 33.3 Å². The van der Waals surface area contributed by atoms with Crippen LogP contribution >= 0.6 is 0 Å². The Hall–Kier alpha value is -3.84. The lowest BCUT2D eigenvalue weighted by Gasteiger charge is -2.13. The van der Waals surface area contributed by atoms with Crippen molar-refractivity contribution in [1.82, 2.24) is 19.6 Å². The van der Waals surface area contributed by atoms with Crippen LogP contribution in [0.3, 0.4) is 0 Å². The van der Waals surface area contributed by atoms with E-state index >= 15 is 0 Å². The predicted octanol–water partition coefficient (Wildman–Crippen LogP) is 3.72. The fourth-order valence-electron chi connectivity index (χ4n) is 2.72. The van der Waals surface area contributed by atoms with Gasteiger partial charge in [-0.3, -0.25) is 19.6 Å². The number of nitro groups is 1. The molecule has 1 N–H and O–H groups in total. The van der Waals surface area contributed by atoms with Crippen molar-refractivity contribution in [2.45, 2.75) is 12.6 Å². The molecule has 3 aromatic rings. The number of aromatic nitrogens is 4. The molecule has 0 saturated heterocycles. The first-order valence-electron chi connectivity index (χ1n) is 8.02. The molecule has 0 unspecified atom stereocenters. The number of halogens is 5. The topological polar surface area (TPSA) is 108 Å². The van der Waals surface area contributed by atoms with Gasteiger partial charge in [-0.15, -0.1) is 0 Å². The average molecular weight is 430 g/mol. The van der Waals surface area contributed by atoms with E-state index in [-0.39, 0.29) is 4.68 Å². The summed E-state index contributed by atoms with van der Waals surface area (Å²) < 4.78 is 68.4. The third-order valence-corrected chi connectivity index (χ3v) is 3.90. The lowest BCUT2D eigenvalue weighted by atomic mass is 10.2. The van der Waals surface area contributed by atoms with Crippen LogP contribution < -0.4 is 5.32 Å². The molecule has 158 valence electrons. The molecule has 0 fully saturated rings. The Morgan fingerprint density at radius 1 is 1.27 bits per heavy atom. The molecule has 0 aliphatic carbocycles. The summed E-state index contributed by atoms with van der Waals surface area (Å²) in [5.41, 5.74) is -5.07. The fourth-order valence-corrected chi connectivity index (χ4v) is 2.72. The summed E-state index contributed by atoms with van der Waals surface area (Å²) in [7, 11) is 1.26. The number of nitro benzene ring substituents is 1. The van der Waals surface area contributed by atoms with Gasteiger partial charge in [0.1, 0.15) is 11.4 Å². The summed E-state index contributed by atoms with van der Waals surface area (Å²) in [5.74, 6) is -1.27. The van der Waals surface area contributed by atoms with Crippen LogP contribution in [0.5, 0.6) is 0 Å². The standard InChI is InChI=1S/C16H11F5N6O3/c1-25-7-8(12(24-25)14(17)18)15(28)23-9-6-22-26(13(9)16(19,20)21)10-4-2-3-5-11(10)27(29)30/h2-7,14H,1H3,(H,23,28). The second-order valence-electron chi connectivity index (χ2n) is 5.92. The smallest absolute Gasteiger partial charge is 0.319 e. The highest BCUT2D eigenvalue weighted by molar-refractivity contribution is 6.05. The Kier molecular flexibility index (Phi) is 5.24. The second kappa shape index (κ2) is 7.53. The number of anilines is 1. The van der Waals surface area contributed by atoms with E-state index in [0.717, 1.165) is 23.0 Å². The number of carbonyl (C=O) groups excluding carboxylic acids is 1. The molecule has 0 spiro atoms. The third-order valence-electron chi connectivity index (χ3n) is 3.90. The average Bonchev–Trinajstić information content (AvgIpc) is 3.25. The number of benzene rings is 1. The van der Waals surface area contributed by atoms with Gasteiger partial charge in [0.25, 0.3) is 18.0 Å². The molecule has 0 saturated carbocycles. The Morgan fingerprint density at radius 3 is 2.53 bits per heavy atom. The summed E-state index contributed by atoms with van der Waals surface area (Å²) >= 11 is 0. The Balaban J connectivity index is 2.08. The van der Waals surface area contributed by atoms with Crippen molar-refractivity contribution in [3.8, 4) is 5.69 Å². The highest BCUT2D eigenvalue weighted by Gasteiger charge is 2.40. The molecule has 2 aromatic heterocycles. The molecule has 1 amide bonds. The van der Waals surface area contributed by atoms with Crippen molar-refractivity contribution in [1.29, 1.82) is 0 Å². The normalized spacial score (nSPS) is 11.7. The molecule has 0 aliphatic heterocycles. The van der Waals surface area contributed by atoms with Crippen LogP contribution in [0, 0.1) is 10.1 Å². The first-order chi connectivity index (χ1) is 14.0. The number of para-hydroxylation sites is 2. The number of alkyl halides is 5. The van der Waals surface area contributed by atoms with Crippen LogP contribution in [-0.4, -0.2) is 30.4 Å². The van der Waals surface area contributed by atoms with Gasteiger partial charge in [-0.1, -0.05) is 12.1 Å². The van der Waals surface area contributed by atoms with Crippen molar-refractivity contribution in [3.05, 3.63) is 63.7 Å². The van der Waals surface area contributed by atoms with Gasteiger partial charge in [-0.05, 0) is 6.07 Å². The maximum Gasteiger partial charge on any atom is 0.435 e. The largest absolute Gasteiger partial charge is 0.435 e. The molecular weight excluding hydrogens is 419 g/mol. The predicted molar refractivity (Wildman–Crippen MR) is 91.3 cm³/mol. The molecule has 9 nitrogen and oxygen atoms in total. The molecule has 3 rings (SSSR count). The van der Waals surface area contributed by atoms with Crippen LogP contribution in [-0.2, 0) is 13.2 Å². The van der Waals surface area contributed by atoms with Gasteiger partial charge in [-0.2, -0.15) is 23.4 Å². The number of nitrogens with zero attached hydrogens (tertiary/aromatic N) is 5. The van der Waals surface area contributed by atoms with E-state index < -0.39 is 57.4 Å². The molecule has 30 heavy (non-hydrogen) atoms. The highest BCUT2D eigenvalue weighted by atomic mass is 19.4. The number of carbonyl (C=O) groups is 1. The number of aryl methyl sites for hydroxylation is 1. The van der Waals surface area contributed by atoms with Gasteiger partial charge in [0.05, 0.1) is 22.4 Å². The van der Waals surface area contributed by atoms with Gasteiger partial charge in [0, 0.05) is 19.3 Å². The summed E-state index contributed by atoms with van der Waals surface area (Å²) in [6, 6.07) is 4.56. The van der Waals surface area contributed by atoms with Gasteiger partial charge in [-0.25, -0.2) is 13.5 Å². The monoisotopic (exact) mass is 430 g/mol. The quantitative estimate of drug-likeness (QED) is 0.377. The van der Waals surface area contributed by atoms with Crippen molar-refractivity contribution in [3.63, 3.8) is 0 Å². The Bertz CT molecular complexity index is 1120. The second-order valence-corrected chi connectivity index (χ2v) is 5.92. The zero-order chi connectivity index (χ0) is 22.2. The van der Waals surface area contributed by atoms with Gasteiger partial charge in [0.2, 0.25) is 0 Å². The number of amides is 1. The highest BCUT2D eigenvalue weighted by Crippen LogP contribution is 2.38. The molecule has 1 aromatic carbocycles. The fraction of sp³-hybridized carbons (Fsp3) is 0.188. The lowest BCUT2D eigenvalue weighted by Crippen LogP contribution is -2.19. The van der Waals surface area contributed by atoms with Crippen LogP contribution in [0.25, 0.3) is 5.69 Å². The van der Waals surface area contributed by atoms with E-state index in [0.29, 0.717) is 6.20 Å². The van der Waals surface area contributed by atoms with E-state index in [9.17, 15) is 36.9 Å². The van der Waals surface area contributed by atoms with E-state index in [1.807, 2.05) is 5.32 Å². The van der Waals surface area contributed by atoms with Crippen molar-refractivity contribution < 1.29 is 31.7 Å². The number of hydrogen-bond donors (Lipinski definition) is 1. The molecule has 14 heteroatoms. The third kappa shape index (κ3) is 3.83. The molecule has 0 atom stereocenters. The maximum absolute atomic E-state index is 13.7. The summed E-state index contributed by atoms with van der Waals surface area (Å²) in [4.78, 5) is 22.6. The maximum atomic E-state index is 13.7. The van der Waals surface area contributed by atoms with Crippen LogP contribution in [0.1, 0.15) is 28.2 Å². The number of nitrogens with one attached hydrogen (secondary N) is 1. The first kappa shape index (κ1) is 20.9. The molecule has 0 radical (unpaired) electrons. The SMILES string of the molecule is Cn1cc(C(=O)Nc2cnn(-c3ccccc3[N+](=O)[O-])c2C(F)(F)F)c(C(F)F)n1. The number of rotatable bonds is 5. The van der Waals surface area contributed by atoms with E-state index in [1.165, 1.54) is 19.2 Å². The van der Waals surface area contributed by atoms with Gasteiger partial charge in [0.15, 0.2) is 5.69 Å². The Morgan fingerprint density at radius 2 is 1.93 bits per heavy atom. The van der Waals surface area contributed by atoms with E-state index in [2.05, 4.69) is 10.2 Å². The summed E-state index contributed by atoms with van der Waals surface area (Å²) in [5, 5.41) is 20.0. The lowest BCUT2D eigenvalue weighted by molar-refractivity contribution is -0.384. The molecular formula is C16H11F5N6O3. The Labute approximate surface area is 163 Å². The first-order valence-corrected chi connectivity index (χ1v) is 8.02.